The average Bonchev–Trinajstić information content (AvgIpc) is 2.70. The Labute approximate surface area is 142 Å². The van der Waals surface area contributed by atoms with Crippen LogP contribution in [0.25, 0.3) is 5.70 Å². The zero-order chi connectivity index (χ0) is 16.2. The van der Waals surface area contributed by atoms with E-state index in [9.17, 15) is 0 Å². The summed E-state index contributed by atoms with van der Waals surface area (Å²) in [6.07, 6.45) is 8.24. The Hall–Kier alpha value is -3.13. The van der Waals surface area contributed by atoms with E-state index in [0.29, 0.717) is 0 Å². The highest BCUT2D eigenvalue weighted by molar-refractivity contribution is 5.69. The lowest BCUT2D eigenvalue weighted by Gasteiger charge is -2.36. The number of aromatic nitrogens is 1. The zero-order valence-corrected chi connectivity index (χ0v) is 13.3. The molecule has 0 aliphatic carbocycles. The number of pyridine rings is 1. The fourth-order valence-electron chi connectivity index (χ4n) is 3.13. The molecule has 2 heterocycles. The van der Waals surface area contributed by atoms with Gasteiger partial charge >= 0.3 is 0 Å². The summed E-state index contributed by atoms with van der Waals surface area (Å²) in [5.74, 6) is 0. The van der Waals surface area contributed by atoms with Crippen LogP contribution in [0.15, 0.2) is 103 Å². The molecule has 3 aromatic rings. The van der Waals surface area contributed by atoms with Crippen molar-refractivity contribution >= 4 is 5.70 Å². The summed E-state index contributed by atoms with van der Waals surface area (Å²) in [5, 5.41) is 3.73. The maximum absolute atomic E-state index is 4.64. The number of hydrogen-bond donors (Lipinski definition) is 1. The summed E-state index contributed by atoms with van der Waals surface area (Å²) in [6, 6.07) is 26.9. The van der Waals surface area contributed by atoms with Crippen LogP contribution in [0.3, 0.4) is 0 Å². The van der Waals surface area contributed by atoms with Crippen LogP contribution in [0.2, 0.25) is 0 Å². The van der Waals surface area contributed by atoms with Crippen LogP contribution < -0.4 is 5.32 Å². The molecule has 0 radical (unpaired) electrons. The van der Waals surface area contributed by atoms with E-state index in [-0.39, 0.29) is 0 Å². The van der Waals surface area contributed by atoms with Gasteiger partial charge in [0, 0.05) is 11.9 Å². The molecule has 24 heavy (non-hydrogen) atoms. The molecule has 1 unspecified atom stereocenters. The number of hydrogen-bond acceptors (Lipinski definition) is 2. The van der Waals surface area contributed by atoms with Crippen molar-refractivity contribution in [2.75, 3.05) is 0 Å². The van der Waals surface area contributed by atoms with E-state index in [2.05, 4.69) is 83.1 Å². The van der Waals surface area contributed by atoms with Crippen molar-refractivity contribution in [2.24, 2.45) is 0 Å². The quantitative estimate of drug-likeness (QED) is 0.769. The summed E-state index contributed by atoms with van der Waals surface area (Å²) >= 11 is 0. The third-order valence-corrected chi connectivity index (χ3v) is 4.32. The van der Waals surface area contributed by atoms with Crippen LogP contribution in [0.5, 0.6) is 0 Å². The molecule has 1 aromatic heterocycles. The van der Waals surface area contributed by atoms with Crippen molar-refractivity contribution in [3.63, 3.8) is 0 Å². The first-order valence-corrected chi connectivity index (χ1v) is 8.09. The fourth-order valence-corrected chi connectivity index (χ4v) is 3.13. The van der Waals surface area contributed by atoms with Crippen molar-refractivity contribution in [3.8, 4) is 0 Å². The number of dihydropyridines is 1. The first-order chi connectivity index (χ1) is 11.9. The second kappa shape index (κ2) is 6.17. The van der Waals surface area contributed by atoms with Crippen LogP contribution in [-0.2, 0) is 5.54 Å². The summed E-state index contributed by atoms with van der Waals surface area (Å²) < 4.78 is 0. The third kappa shape index (κ3) is 2.52. The summed E-state index contributed by atoms with van der Waals surface area (Å²) in [4.78, 5) is 4.64. The standard InChI is InChI=1S/C22H18N2/c1-3-10-18(11-4-1)20-14-9-16-22(24-20,19-12-5-2-6-13-19)21-15-7-8-17-23-21/h1-17,24H. The van der Waals surface area contributed by atoms with Gasteiger partial charge in [-0.25, -0.2) is 0 Å². The van der Waals surface area contributed by atoms with Crippen molar-refractivity contribution < 1.29 is 0 Å². The minimum atomic E-state index is -0.470. The molecule has 1 atom stereocenters. The molecule has 0 fully saturated rings. The molecule has 0 spiro atoms. The topological polar surface area (TPSA) is 24.9 Å². The molecule has 0 saturated heterocycles. The molecule has 4 rings (SSSR count). The van der Waals surface area contributed by atoms with Gasteiger partial charge in [-0.2, -0.15) is 0 Å². The Bertz CT molecular complexity index is 826. The highest BCUT2D eigenvalue weighted by atomic mass is 15.0. The lowest BCUT2D eigenvalue weighted by atomic mass is 9.83. The van der Waals surface area contributed by atoms with Crippen molar-refractivity contribution in [1.82, 2.24) is 10.3 Å². The fraction of sp³-hybridized carbons (Fsp3) is 0.0455. The van der Waals surface area contributed by atoms with Gasteiger partial charge in [-0.3, -0.25) is 4.98 Å². The number of nitrogens with one attached hydrogen (secondary N) is 1. The van der Waals surface area contributed by atoms with Gasteiger partial charge in [-0.15, -0.1) is 0 Å². The number of benzene rings is 2. The maximum Gasteiger partial charge on any atom is 0.124 e. The Morgan fingerprint density at radius 3 is 2.17 bits per heavy atom. The highest BCUT2D eigenvalue weighted by Crippen LogP contribution is 2.35. The van der Waals surface area contributed by atoms with E-state index in [1.54, 1.807) is 0 Å². The molecule has 116 valence electrons. The third-order valence-electron chi connectivity index (χ3n) is 4.32. The van der Waals surface area contributed by atoms with Gasteiger partial charge in [0.1, 0.15) is 5.54 Å². The summed E-state index contributed by atoms with van der Waals surface area (Å²) in [5.41, 5.74) is 3.93. The maximum atomic E-state index is 4.64. The molecule has 0 amide bonds. The molecule has 0 bridgehead atoms. The van der Waals surface area contributed by atoms with Crippen molar-refractivity contribution in [3.05, 3.63) is 120 Å². The van der Waals surface area contributed by atoms with Gasteiger partial charge in [0.15, 0.2) is 0 Å². The molecule has 1 aliphatic heterocycles. The summed E-state index contributed by atoms with van der Waals surface area (Å²) in [7, 11) is 0. The molecule has 1 N–H and O–H groups in total. The van der Waals surface area contributed by atoms with Crippen LogP contribution in [0.1, 0.15) is 16.8 Å². The Kier molecular flexibility index (Phi) is 3.72. The van der Waals surface area contributed by atoms with Gasteiger partial charge in [0.2, 0.25) is 0 Å². The van der Waals surface area contributed by atoms with E-state index in [0.717, 1.165) is 17.0 Å². The van der Waals surface area contributed by atoms with Crippen molar-refractivity contribution in [1.29, 1.82) is 0 Å². The second-order valence-electron chi connectivity index (χ2n) is 5.82. The lowest BCUT2D eigenvalue weighted by Crippen LogP contribution is -2.42. The molecular weight excluding hydrogens is 292 g/mol. The smallest absolute Gasteiger partial charge is 0.124 e. The molecule has 2 nitrogen and oxygen atoms in total. The van der Waals surface area contributed by atoms with E-state index in [1.807, 2.05) is 30.5 Å². The van der Waals surface area contributed by atoms with Crippen LogP contribution >= 0.6 is 0 Å². The number of allylic oxidation sites excluding steroid dienone is 2. The van der Waals surface area contributed by atoms with Gasteiger partial charge in [0.25, 0.3) is 0 Å². The monoisotopic (exact) mass is 310 g/mol. The van der Waals surface area contributed by atoms with Crippen molar-refractivity contribution in [2.45, 2.75) is 5.54 Å². The molecule has 2 aromatic carbocycles. The lowest BCUT2D eigenvalue weighted by molar-refractivity contribution is 0.561. The van der Waals surface area contributed by atoms with Gasteiger partial charge in [-0.1, -0.05) is 72.8 Å². The van der Waals surface area contributed by atoms with E-state index in [4.69, 9.17) is 0 Å². The highest BCUT2D eigenvalue weighted by Gasteiger charge is 2.35. The molecular formula is C22H18N2. The molecule has 1 aliphatic rings. The Morgan fingerprint density at radius 2 is 1.46 bits per heavy atom. The van der Waals surface area contributed by atoms with Crippen LogP contribution in [-0.4, -0.2) is 4.98 Å². The SMILES string of the molecule is C1=CC(c2ccccc2)(c2ccccn2)NC(c2ccccc2)=C1. The molecule has 0 saturated carbocycles. The second-order valence-corrected chi connectivity index (χ2v) is 5.82. The van der Waals surface area contributed by atoms with Crippen LogP contribution in [0.4, 0.5) is 0 Å². The first-order valence-electron chi connectivity index (χ1n) is 8.09. The predicted molar refractivity (Wildman–Crippen MR) is 98.2 cm³/mol. The Balaban J connectivity index is 1.85. The number of nitrogens with zero attached hydrogens (tertiary/aromatic N) is 1. The minimum absolute atomic E-state index is 0.470. The predicted octanol–water partition coefficient (Wildman–Crippen LogP) is 4.53. The van der Waals surface area contributed by atoms with E-state index >= 15 is 0 Å². The summed E-state index contributed by atoms with van der Waals surface area (Å²) in [6.45, 7) is 0. The van der Waals surface area contributed by atoms with E-state index < -0.39 is 5.54 Å². The van der Waals surface area contributed by atoms with Gasteiger partial charge in [0.05, 0.1) is 5.69 Å². The average molecular weight is 310 g/mol. The largest absolute Gasteiger partial charge is 0.367 e. The molecule has 2 heteroatoms. The Morgan fingerprint density at radius 1 is 0.750 bits per heavy atom. The number of rotatable bonds is 3. The van der Waals surface area contributed by atoms with Crippen LogP contribution in [0, 0.1) is 0 Å². The van der Waals surface area contributed by atoms with Gasteiger partial charge < -0.3 is 5.32 Å². The normalized spacial score (nSPS) is 19.4. The van der Waals surface area contributed by atoms with E-state index in [1.165, 1.54) is 5.56 Å². The first kappa shape index (κ1) is 14.5. The van der Waals surface area contributed by atoms with Gasteiger partial charge in [-0.05, 0) is 35.4 Å². The minimum Gasteiger partial charge on any atom is -0.367 e. The zero-order valence-electron chi connectivity index (χ0n) is 13.3.